The summed E-state index contributed by atoms with van der Waals surface area (Å²) in [6, 6.07) is 52.5. The van der Waals surface area contributed by atoms with E-state index in [2.05, 4.69) is 264 Å². The predicted molar refractivity (Wildman–Crippen MR) is 347 cm³/mol. The second-order valence-electron chi connectivity index (χ2n) is 24.6. The molecule has 0 amide bonds. The van der Waals surface area contributed by atoms with Crippen LogP contribution in [0.5, 0.6) is 0 Å². The second-order valence-corrected chi connectivity index (χ2v) is 24.6. The molecule has 2 aromatic heterocycles. The lowest BCUT2D eigenvalue weighted by molar-refractivity contribution is 0.573. The molecule has 0 atom stereocenters. The maximum Gasteiger partial charge on any atom is 0.252 e. The molecule has 8 aromatic carbocycles. The fraction of sp³-hybridized carbons (Fsp3) is 0.200. The molecule has 0 N–H and O–H groups in total. The number of para-hydroxylation sites is 2. The normalized spacial score (nSPS) is 13.5. The quantitative estimate of drug-likeness (QED) is 0.142. The van der Waals surface area contributed by atoms with Gasteiger partial charge >= 0.3 is 0 Å². The maximum absolute atomic E-state index is 6.60. The lowest BCUT2D eigenvalue weighted by atomic mass is 9.33. The van der Waals surface area contributed by atoms with Crippen LogP contribution >= 0.6 is 0 Å². The zero-order valence-electron chi connectivity index (χ0n) is 49.0. The number of allylic oxidation sites excluding steroid dienone is 2. The molecule has 10 aromatic rings. The first kappa shape index (κ1) is 52.2. The highest BCUT2D eigenvalue weighted by molar-refractivity contribution is 7.00. The van der Waals surface area contributed by atoms with Gasteiger partial charge in [0.25, 0.3) is 6.71 Å². The third-order valence-electron chi connectivity index (χ3n) is 17.2. The van der Waals surface area contributed by atoms with Crippen molar-refractivity contribution < 1.29 is 4.42 Å². The second kappa shape index (κ2) is 19.1. The van der Waals surface area contributed by atoms with Gasteiger partial charge in [0.15, 0.2) is 0 Å². The summed E-state index contributed by atoms with van der Waals surface area (Å²) in [6.07, 6.45) is 8.43. The monoisotopic (exact) mass is 1040 g/mol. The molecule has 0 fully saturated rings. The molecule has 2 aliphatic heterocycles. The molecule has 0 saturated carbocycles. The molecule has 0 unspecified atom stereocenters. The van der Waals surface area contributed by atoms with Crippen molar-refractivity contribution in [1.82, 2.24) is 4.57 Å². The average Bonchev–Trinajstić information content (AvgIpc) is 4.08. The van der Waals surface area contributed by atoms with Crippen molar-refractivity contribution in [1.29, 1.82) is 0 Å². The van der Waals surface area contributed by atoms with E-state index < -0.39 is 0 Å². The first-order valence-corrected chi connectivity index (χ1v) is 28.3. The number of hydrogen-bond acceptors (Lipinski definition) is 3. The summed E-state index contributed by atoms with van der Waals surface area (Å²) in [4.78, 5) is 5.28. The van der Waals surface area contributed by atoms with Gasteiger partial charge in [0.2, 0.25) is 0 Å². The standard InChI is InChI=1S/C75H72BN3O/c1-17-26-58-59-42-61-65(43-63(59)77(62(58)19-3)70-44(4)27-25-28-45(70)5)79(72-48(8)37-53(38-49(72)9)56(18-2)73-50(10)57-31-23-24-32-68(57)80-73)67-41-55(75(14,15)16)40-66-69(67)76(61)60-34-33-54(74(11,12)13)39-64(60)78(66)71-46(6)35-52(36-47(71)7)51-29-21-20-22-30-51/h17-43H,2-3,10H2,1,4-9,11-16H3/b26-17-,73-56-. The molecule has 0 spiro atoms. The number of anilines is 6. The summed E-state index contributed by atoms with van der Waals surface area (Å²) in [6.45, 7) is 43.1. The van der Waals surface area contributed by atoms with Gasteiger partial charge in [0, 0.05) is 49.9 Å². The van der Waals surface area contributed by atoms with E-state index in [0.29, 0.717) is 0 Å². The Labute approximate surface area is 474 Å². The van der Waals surface area contributed by atoms with Crippen molar-refractivity contribution in [2.45, 2.75) is 101 Å². The minimum atomic E-state index is -0.213. The lowest BCUT2D eigenvalue weighted by Crippen LogP contribution is -2.61. The molecule has 5 heteroatoms. The van der Waals surface area contributed by atoms with Crippen LogP contribution in [0.25, 0.3) is 63.0 Å². The minimum Gasteiger partial charge on any atom is -0.455 e. The van der Waals surface area contributed by atoms with Crippen LogP contribution in [0, 0.1) is 41.5 Å². The van der Waals surface area contributed by atoms with Crippen LogP contribution in [0.1, 0.15) is 110 Å². The SMILES string of the molecule is C=C/C(c1cc(C)c(N2c3cc4c(cc3B3c5ccc(C(C)(C)C)cc5N(c5c(C)cc(-c6ccccc6)cc5C)c5cc(C(C)(C)C)cc2c53)c(/C=C\C)c(C=C)n4-c2c(C)cccc2C)c(C)c1)=c1/oc2ccccc2c1=C. The van der Waals surface area contributed by atoms with Crippen LogP contribution < -0.4 is 36.8 Å². The van der Waals surface area contributed by atoms with Gasteiger partial charge in [-0.3, -0.25) is 0 Å². The summed E-state index contributed by atoms with van der Waals surface area (Å²) in [5.41, 5.74) is 30.9. The third kappa shape index (κ3) is 8.10. The van der Waals surface area contributed by atoms with Gasteiger partial charge in [-0.15, -0.1) is 0 Å². The van der Waals surface area contributed by atoms with Crippen LogP contribution in [0.4, 0.5) is 34.1 Å². The van der Waals surface area contributed by atoms with Crippen molar-refractivity contribution in [3.63, 3.8) is 0 Å². The van der Waals surface area contributed by atoms with Crippen molar-refractivity contribution >= 4 is 103 Å². The van der Waals surface area contributed by atoms with Gasteiger partial charge in [0.1, 0.15) is 11.0 Å². The number of aromatic nitrogens is 1. The highest BCUT2D eigenvalue weighted by Crippen LogP contribution is 2.51. The van der Waals surface area contributed by atoms with E-state index in [1.54, 1.807) is 0 Å². The van der Waals surface area contributed by atoms with Gasteiger partial charge < -0.3 is 18.8 Å². The highest BCUT2D eigenvalue weighted by atomic mass is 16.3. The van der Waals surface area contributed by atoms with Crippen molar-refractivity contribution in [3.8, 4) is 16.8 Å². The summed E-state index contributed by atoms with van der Waals surface area (Å²) < 4.78 is 9.08. The van der Waals surface area contributed by atoms with Gasteiger partial charge in [-0.2, -0.15) is 0 Å². The Hall–Kier alpha value is -8.54. The maximum atomic E-state index is 6.60. The number of nitrogens with zero attached hydrogens (tertiary/aromatic N) is 3. The Balaban J connectivity index is 1.24. The van der Waals surface area contributed by atoms with Gasteiger partial charge in [0.05, 0.1) is 28.3 Å². The molecule has 0 bridgehead atoms. The molecule has 12 rings (SSSR count). The fourth-order valence-electron chi connectivity index (χ4n) is 13.4. The van der Waals surface area contributed by atoms with E-state index in [-0.39, 0.29) is 17.5 Å². The summed E-state index contributed by atoms with van der Waals surface area (Å²) in [7, 11) is 0. The van der Waals surface area contributed by atoms with Gasteiger partial charge in [-0.25, -0.2) is 0 Å². The summed E-state index contributed by atoms with van der Waals surface area (Å²) >= 11 is 0. The Morgan fingerprint density at radius 2 is 1.11 bits per heavy atom. The Morgan fingerprint density at radius 1 is 0.537 bits per heavy atom. The van der Waals surface area contributed by atoms with Crippen LogP contribution in [0.15, 0.2) is 169 Å². The summed E-state index contributed by atoms with van der Waals surface area (Å²) in [5, 5.41) is 3.06. The van der Waals surface area contributed by atoms with E-state index in [1.807, 2.05) is 24.3 Å². The first-order chi connectivity index (χ1) is 38.2. The zero-order valence-corrected chi connectivity index (χ0v) is 49.0. The fourth-order valence-corrected chi connectivity index (χ4v) is 13.4. The molecule has 2 aliphatic rings. The van der Waals surface area contributed by atoms with E-state index in [4.69, 9.17) is 4.42 Å². The zero-order chi connectivity index (χ0) is 56.4. The number of fused-ring (bicyclic) bond motifs is 6. The topological polar surface area (TPSA) is 24.6 Å². The predicted octanol–water partition coefficient (Wildman–Crippen LogP) is 17.0. The summed E-state index contributed by atoms with van der Waals surface area (Å²) in [5.74, 6) is 0. The van der Waals surface area contributed by atoms with Crippen molar-refractivity contribution in [2.75, 3.05) is 9.80 Å². The molecular weight excluding hydrogens is 970 g/mol. The number of furan rings is 1. The molecule has 396 valence electrons. The Bertz CT molecular complexity index is 4350. The average molecular weight is 1040 g/mol. The third-order valence-corrected chi connectivity index (χ3v) is 17.2. The van der Waals surface area contributed by atoms with E-state index in [9.17, 15) is 0 Å². The first-order valence-electron chi connectivity index (χ1n) is 28.3. The molecule has 0 aliphatic carbocycles. The Morgan fingerprint density at radius 3 is 1.69 bits per heavy atom. The molecule has 0 radical (unpaired) electrons. The van der Waals surface area contributed by atoms with Crippen LogP contribution in [0.3, 0.4) is 0 Å². The molecule has 0 saturated heterocycles. The van der Waals surface area contributed by atoms with Crippen LogP contribution in [-0.2, 0) is 10.8 Å². The number of hydrogen-bond donors (Lipinski definition) is 0. The Kier molecular flexibility index (Phi) is 12.5. The number of rotatable bonds is 8. The smallest absolute Gasteiger partial charge is 0.252 e. The largest absolute Gasteiger partial charge is 0.455 e. The van der Waals surface area contributed by atoms with Crippen molar-refractivity contribution in [3.05, 3.63) is 237 Å². The minimum absolute atomic E-state index is 0.100. The van der Waals surface area contributed by atoms with E-state index in [1.165, 1.54) is 94.7 Å². The van der Waals surface area contributed by atoms with E-state index in [0.717, 1.165) is 72.0 Å². The number of benzene rings is 8. The van der Waals surface area contributed by atoms with Crippen LogP contribution in [-0.4, -0.2) is 11.3 Å². The van der Waals surface area contributed by atoms with Crippen LogP contribution in [0.2, 0.25) is 0 Å². The number of aryl methyl sites for hydroxylation is 6. The molecular formula is C75H72BN3O. The van der Waals surface area contributed by atoms with E-state index >= 15 is 0 Å². The highest BCUT2D eigenvalue weighted by Gasteiger charge is 2.46. The molecule has 80 heavy (non-hydrogen) atoms. The molecule has 4 heterocycles. The van der Waals surface area contributed by atoms with Gasteiger partial charge in [-0.05, 0) is 198 Å². The van der Waals surface area contributed by atoms with Gasteiger partial charge in [-0.1, -0.05) is 164 Å². The molecule has 4 nitrogen and oxygen atoms in total. The lowest BCUT2D eigenvalue weighted by Gasteiger charge is -2.46. The van der Waals surface area contributed by atoms with Crippen molar-refractivity contribution in [2.24, 2.45) is 0 Å².